The minimum Gasteiger partial charge on any atom is -0.299 e. The van der Waals surface area contributed by atoms with Crippen LogP contribution in [0.4, 0.5) is 5.13 Å². The second kappa shape index (κ2) is 4.92. The minimum atomic E-state index is -0.545. The van der Waals surface area contributed by atoms with Crippen LogP contribution in [-0.2, 0) is 10.2 Å². The normalized spacial score (nSPS) is 38.5. The van der Waals surface area contributed by atoms with Crippen molar-refractivity contribution in [3.8, 4) is 0 Å². The Morgan fingerprint density at radius 1 is 1.24 bits per heavy atom. The summed E-state index contributed by atoms with van der Waals surface area (Å²) in [4.78, 5) is 11.7. The van der Waals surface area contributed by atoms with Crippen LogP contribution in [-0.4, -0.2) is 21.5 Å². The molecule has 1 aromatic rings. The number of carbonyl (C=O) groups is 1. The van der Waals surface area contributed by atoms with Crippen LogP contribution in [0.2, 0.25) is 0 Å². The first-order valence-electron chi connectivity index (χ1n) is 7.83. The van der Waals surface area contributed by atoms with Crippen LogP contribution < -0.4 is 5.32 Å². The van der Waals surface area contributed by atoms with Gasteiger partial charge in [-0.05, 0) is 63.2 Å². The maximum Gasteiger partial charge on any atom is 0.243 e. The van der Waals surface area contributed by atoms with Crippen molar-refractivity contribution in [1.29, 1.82) is 0 Å². The topological polar surface area (TPSA) is 54.9 Å². The van der Waals surface area contributed by atoms with E-state index in [-0.39, 0.29) is 11.3 Å². The Hall–Kier alpha value is -0.680. The molecule has 0 saturated heterocycles. The quantitative estimate of drug-likeness (QED) is 0.864. The molecule has 4 fully saturated rings. The van der Waals surface area contributed by atoms with Crippen molar-refractivity contribution in [3.63, 3.8) is 0 Å². The maximum absolute atomic E-state index is 11.7. The lowest BCUT2D eigenvalue weighted by atomic mass is 9.50. The summed E-state index contributed by atoms with van der Waals surface area (Å²) in [5.41, 5.74) is 0.252. The summed E-state index contributed by atoms with van der Waals surface area (Å²) in [5, 5.41) is 12.6. The van der Waals surface area contributed by atoms with Crippen LogP contribution in [0.5, 0.6) is 0 Å². The lowest BCUT2D eigenvalue weighted by Gasteiger charge is -2.55. The number of halogens is 1. The summed E-state index contributed by atoms with van der Waals surface area (Å²) in [7, 11) is 0. The third kappa shape index (κ3) is 2.38. The average molecular weight is 326 g/mol. The number of anilines is 1. The molecule has 0 aliphatic heterocycles. The molecule has 4 aliphatic rings. The van der Waals surface area contributed by atoms with Crippen LogP contribution in [0.25, 0.3) is 0 Å². The van der Waals surface area contributed by atoms with Gasteiger partial charge in [0.1, 0.15) is 10.4 Å². The number of nitrogens with one attached hydrogen (secondary N) is 1. The van der Waals surface area contributed by atoms with Gasteiger partial charge in [0.05, 0.1) is 0 Å². The van der Waals surface area contributed by atoms with Crippen LogP contribution in [0, 0.1) is 17.8 Å². The highest BCUT2D eigenvalue weighted by molar-refractivity contribution is 7.15. The predicted molar refractivity (Wildman–Crippen MR) is 83.7 cm³/mol. The number of rotatable bonds is 3. The Kier molecular flexibility index (Phi) is 3.26. The average Bonchev–Trinajstić information content (AvgIpc) is 2.86. The van der Waals surface area contributed by atoms with E-state index in [2.05, 4.69) is 15.5 Å². The second-order valence-corrected chi connectivity index (χ2v) is 8.85. The summed E-state index contributed by atoms with van der Waals surface area (Å²) < 4.78 is 0. The molecule has 21 heavy (non-hydrogen) atoms. The van der Waals surface area contributed by atoms with Gasteiger partial charge in [-0.1, -0.05) is 11.3 Å². The molecule has 4 bridgehead atoms. The Morgan fingerprint density at radius 3 is 2.33 bits per heavy atom. The smallest absolute Gasteiger partial charge is 0.243 e. The molecule has 6 heteroatoms. The van der Waals surface area contributed by atoms with Gasteiger partial charge in [-0.2, -0.15) is 0 Å². The van der Waals surface area contributed by atoms with E-state index in [1.807, 2.05) is 0 Å². The van der Waals surface area contributed by atoms with E-state index in [9.17, 15) is 4.79 Å². The van der Waals surface area contributed by atoms with Crippen LogP contribution >= 0.6 is 22.9 Å². The molecule has 4 nitrogen and oxygen atoms in total. The van der Waals surface area contributed by atoms with Gasteiger partial charge in [0, 0.05) is 5.41 Å². The van der Waals surface area contributed by atoms with E-state index in [1.54, 1.807) is 18.3 Å². The second-order valence-electron chi connectivity index (χ2n) is 7.22. The van der Waals surface area contributed by atoms with Crippen molar-refractivity contribution < 1.29 is 4.79 Å². The molecule has 1 aromatic heterocycles. The molecule has 5 rings (SSSR count). The standard InChI is InChI=1S/C15H20ClN3OS/c1-8(16)12(20)17-14-19-18-13(21-14)15-5-9-2-10(6-15)4-11(3-9)7-15/h8-11H,2-7H2,1H3,(H,17,19,20)/t8-,9?,10?,11?,15?/m0/s1. The van der Waals surface area contributed by atoms with Crippen molar-refractivity contribution >= 4 is 34.0 Å². The number of alkyl halides is 1. The van der Waals surface area contributed by atoms with Crippen LogP contribution in [0.1, 0.15) is 50.5 Å². The number of aromatic nitrogens is 2. The zero-order valence-electron chi connectivity index (χ0n) is 12.1. The Balaban J connectivity index is 1.57. The Morgan fingerprint density at radius 2 is 1.81 bits per heavy atom. The van der Waals surface area contributed by atoms with E-state index >= 15 is 0 Å². The fourth-order valence-electron chi connectivity index (χ4n) is 5.07. The largest absolute Gasteiger partial charge is 0.299 e. The van der Waals surface area contributed by atoms with Crippen molar-refractivity contribution in [2.75, 3.05) is 5.32 Å². The zero-order chi connectivity index (χ0) is 14.6. The summed E-state index contributed by atoms with van der Waals surface area (Å²) in [6, 6.07) is 0. The van der Waals surface area contributed by atoms with Gasteiger partial charge in [0.15, 0.2) is 0 Å². The summed E-state index contributed by atoms with van der Waals surface area (Å²) in [6.07, 6.45) is 8.08. The molecule has 1 N–H and O–H groups in total. The fraction of sp³-hybridized carbons (Fsp3) is 0.800. The summed E-state index contributed by atoms with van der Waals surface area (Å²) >= 11 is 7.34. The fourth-order valence-corrected chi connectivity index (χ4v) is 6.08. The molecule has 0 unspecified atom stereocenters. The third-order valence-corrected chi connectivity index (χ3v) is 6.79. The first-order valence-corrected chi connectivity index (χ1v) is 9.08. The maximum atomic E-state index is 11.7. The molecule has 1 heterocycles. The van der Waals surface area contributed by atoms with Gasteiger partial charge < -0.3 is 0 Å². The molecule has 114 valence electrons. The van der Waals surface area contributed by atoms with Crippen molar-refractivity contribution in [2.24, 2.45) is 17.8 Å². The van der Waals surface area contributed by atoms with E-state index in [0.29, 0.717) is 5.13 Å². The van der Waals surface area contributed by atoms with Crippen LogP contribution in [0.3, 0.4) is 0 Å². The van der Waals surface area contributed by atoms with Crippen LogP contribution in [0.15, 0.2) is 0 Å². The molecule has 4 saturated carbocycles. The molecule has 0 radical (unpaired) electrons. The molecule has 4 aliphatic carbocycles. The molecule has 0 aromatic carbocycles. The van der Waals surface area contributed by atoms with Gasteiger partial charge in [-0.25, -0.2) is 0 Å². The van der Waals surface area contributed by atoms with Gasteiger partial charge in [0.25, 0.3) is 0 Å². The molecule has 1 amide bonds. The Bertz CT molecular complexity index is 536. The highest BCUT2D eigenvalue weighted by Crippen LogP contribution is 2.61. The number of amides is 1. The van der Waals surface area contributed by atoms with E-state index < -0.39 is 5.38 Å². The lowest BCUT2D eigenvalue weighted by molar-refractivity contribution is -0.115. The minimum absolute atomic E-state index is 0.204. The van der Waals surface area contributed by atoms with Gasteiger partial charge in [-0.3, -0.25) is 10.1 Å². The van der Waals surface area contributed by atoms with E-state index in [4.69, 9.17) is 11.6 Å². The number of nitrogens with zero attached hydrogens (tertiary/aromatic N) is 2. The van der Waals surface area contributed by atoms with Gasteiger partial charge in [0.2, 0.25) is 11.0 Å². The van der Waals surface area contributed by atoms with E-state index in [1.165, 1.54) is 38.5 Å². The first kappa shape index (κ1) is 13.9. The van der Waals surface area contributed by atoms with Crippen molar-refractivity contribution in [1.82, 2.24) is 10.2 Å². The Labute approximate surface area is 133 Å². The lowest BCUT2D eigenvalue weighted by Crippen LogP contribution is -2.48. The molecular formula is C15H20ClN3OS. The van der Waals surface area contributed by atoms with Crippen molar-refractivity contribution in [2.45, 2.75) is 56.2 Å². The monoisotopic (exact) mass is 325 g/mol. The van der Waals surface area contributed by atoms with Gasteiger partial charge >= 0.3 is 0 Å². The number of carbonyl (C=O) groups excluding carboxylic acids is 1. The predicted octanol–water partition coefficient (Wildman–Crippen LogP) is 3.57. The first-order chi connectivity index (χ1) is 10.0. The number of hydrogen-bond acceptors (Lipinski definition) is 4. The molecule has 1 atom stereocenters. The molecule has 0 spiro atoms. The number of hydrogen-bond donors (Lipinski definition) is 1. The van der Waals surface area contributed by atoms with E-state index in [0.717, 1.165) is 22.8 Å². The van der Waals surface area contributed by atoms with Crippen molar-refractivity contribution in [3.05, 3.63) is 5.01 Å². The molecular weight excluding hydrogens is 306 g/mol. The highest BCUT2D eigenvalue weighted by atomic mass is 35.5. The highest BCUT2D eigenvalue weighted by Gasteiger charge is 2.53. The summed E-state index contributed by atoms with van der Waals surface area (Å²) in [5.74, 6) is 2.47. The van der Waals surface area contributed by atoms with Gasteiger partial charge in [-0.15, -0.1) is 21.8 Å². The summed E-state index contributed by atoms with van der Waals surface area (Å²) in [6.45, 7) is 1.66. The third-order valence-electron chi connectivity index (χ3n) is 5.51. The SMILES string of the molecule is C[C@H](Cl)C(=O)Nc1nnc(C23CC4CC(CC(C4)C2)C3)s1. The zero-order valence-corrected chi connectivity index (χ0v) is 13.7.